The number of urea groups is 1. The first kappa shape index (κ1) is 10.5. The molecule has 0 bridgehead atoms. The largest absolute Gasteiger partial charge is 0.331 e. The summed E-state index contributed by atoms with van der Waals surface area (Å²) in [6, 6.07) is 5.42. The van der Waals surface area contributed by atoms with E-state index in [9.17, 15) is 4.79 Å². The van der Waals surface area contributed by atoms with Gasteiger partial charge in [-0.1, -0.05) is 6.07 Å². The molecule has 0 aliphatic heterocycles. The van der Waals surface area contributed by atoms with Crippen LogP contribution in [0, 0.1) is 0 Å². The molecule has 0 aliphatic rings. The predicted molar refractivity (Wildman–Crippen MR) is 53.3 cm³/mol. The number of amides is 2. The molecular weight excluding hydrogens is 180 g/mol. The number of likely N-dealkylation sites (N-methyl/N-ethyl adjacent to an activating group) is 1. The quantitative estimate of drug-likeness (QED) is 0.408. The summed E-state index contributed by atoms with van der Waals surface area (Å²) >= 11 is 0. The Morgan fingerprint density at radius 3 is 3.00 bits per heavy atom. The van der Waals surface area contributed by atoms with E-state index in [0.29, 0.717) is 6.54 Å². The Hall–Kier alpha value is -1.62. The van der Waals surface area contributed by atoms with E-state index < -0.39 is 0 Å². The lowest BCUT2D eigenvalue weighted by Gasteiger charge is -2.15. The van der Waals surface area contributed by atoms with Crippen LogP contribution in [0.3, 0.4) is 0 Å². The van der Waals surface area contributed by atoms with Crippen molar-refractivity contribution in [1.82, 2.24) is 15.3 Å². The second kappa shape index (κ2) is 5.18. The Labute approximate surface area is 82.9 Å². The van der Waals surface area contributed by atoms with Crippen LogP contribution < -0.4 is 11.3 Å². The Bertz CT molecular complexity index is 288. The lowest BCUT2D eigenvalue weighted by Crippen LogP contribution is -2.42. The molecule has 0 aliphatic carbocycles. The van der Waals surface area contributed by atoms with Gasteiger partial charge in [-0.15, -0.1) is 0 Å². The number of nitrogens with zero attached hydrogens (tertiary/aromatic N) is 2. The lowest BCUT2D eigenvalue weighted by atomic mass is 10.2. The van der Waals surface area contributed by atoms with Crippen molar-refractivity contribution in [2.24, 2.45) is 5.84 Å². The summed E-state index contributed by atoms with van der Waals surface area (Å²) in [6.07, 6.45) is 2.46. The second-order valence-electron chi connectivity index (χ2n) is 2.94. The van der Waals surface area contributed by atoms with Crippen LogP contribution in [0.4, 0.5) is 4.79 Å². The van der Waals surface area contributed by atoms with Crippen molar-refractivity contribution in [2.45, 2.75) is 6.42 Å². The molecule has 0 spiro atoms. The van der Waals surface area contributed by atoms with E-state index >= 15 is 0 Å². The maximum atomic E-state index is 11.0. The van der Waals surface area contributed by atoms with Crippen LogP contribution in [0.15, 0.2) is 24.4 Å². The summed E-state index contributed by atoms with van der Waals surface area (Å²) in [4.78, 5) is 16.7. The van der Waals surface area contributed by atoms with Crippen LogP contribution in [0.5, 0.6) is 0 Å². The number of pyridine rings is 1. The molecule has 0 aromatic carbocycles. The van der Waals surface area contributed by atoms with Crippen LogP contribution >= 0.6 is 0 Å². The normalized spacial score (nSPS) is 9.57. The Balaban J connectivity index is 2.38. The molecule has 2 amide bonds. The van der Waals surface area contributed by atoms with Gasteiger partial charge in [0.05, 0.1) is 0 Å². The van der Waals surface area contributed by atoms with Gasteiger partial charge < -0.3 is 4.90 Å². The second-order valence-corrected chi connectivity index (χ2v) is 2.94. The Morgan fingerprint density at radius 1 is 1.64 bits per heavy atom. The number of nitrogens with two attached hydrogens (primary N) is 1. The summed E-state index contributed by atoms with van der Waals surface area (Å²) in [5, 5.41) is 0. The van der Waals surface area contributed by atoms with Gasteiger partial charge in [0.2, 0.25) is 0 Å². The first-order valence-electron chi connectivity index (χ1n) is 4.35. The van der Waals surface area contributed by atoms with Crippen molar-refractivity contribution in [3.05, 3.63) is 30.1 Å². The SMILES string of the molecule is CN(CCc1ccccn1)C(=O)NN. The molecule has 0 saturated carbocycles. The average Bonchev–Trinajstić information content (AvgIpc) is 2.26. The number of carbonyl (C=O) groups excluding carboxylic acids is 1. The van der Waals surface area contributed by atoms with Gasteiger partial charge in [-0.25, -0.2) is 10.6 Å². The van der Waals surface area contributed by atoms with E-state index in [2.05, 4.69) is 10.4 Å². The third kappa shape index (κ3) is 3.02. The summed E-state index contributed by atoms with van der Waals surface area (Å²) in [5.74, 6) is 4.99. The molecule has 3 N–H and O–H groups in total. The smallest absolute Gasteiger partial charge is 0.326 e. The number of aromatic nitrogens is 1. The lowest BCUT2D eigenvalue weighted by molar-refractivity contribution is 0.209. The van der Waals surface area contributed by atoms with Crippen LogP contribution in [-0.2, 0) is 6.42 Å². The van der Waals surface area contributed by atoms with Crippen LogP contribution in [-0.4, -0.2) is 29.5 Å². The number of rotatable bonds is 3. The number of carbonyl (C=O) groups is 1. The minimum Gasteiger partial charge on any atom is -0.326 e. The minimum atomic E-state index is -0.291. The van der Waals surface area contributed by atoms with Gasteiger partial charge in [-0.2, -0.15) is 0 Å². The van der Waals surface area contributed by atoms with Crippen molar-refractivity contribution in [2.75, 3.05) is 13.6 Å². The van der Waals surface area contributed by atoms with Crippen LogP contribution in [0.25, 0.3) is 0 Å². The number of nitrogens with one attached hydrogen (secondary N) is 1. The fraction of sp³-hybridized carbons (Fsp3) is 0.333. The fourth-order valence-corrected chi connectivity index (χ4v) is 1.04. The molecule has 0 fully saturated rings. The van der Waals surface area contributed by atoms with Gasteiger partial charge in [0.15, 0.2) is 0 Å². The van der Waals surface area contributed by atoms with Gasteiger partial charge in [-0.3, -0.25) is 10.4 Å². The molecule has 0 atom stereocenters. The monoisotopic (exact) mass is 194 g/mol. The molecule has 1 heterocycles. The average molecular weight is 194 g/mol. The van der Waals surface area contributed by atoms with Gasteiger partial charge >= 0.3 is 6.03 Å². The first-order chi connectivity index (χ1) is 6.74. The number of hydrogen-bond acceptors (Lipinski definition) is 3. The summed E-state index contributed by atoms with van der Waals surface area (Å²) in [6.45, 7) is 0.597. The highest BCUT2D eigenvalue weighted by atomic mass is 16.2. The highest BCUT2D eigenvalue weighted by Gasteiger charge is 2.05. The van der Waals surface area contributed by atoms with Gasteiger partial charge in [0.1, 0.15) is 0 Å². The van der Waals surface area contributed by atoms with E-state index in [1.165, 1.54) is 4.90 Å². The molecule has 0 saturated heterocycles. The Kier molecular flexibility index (Phi) is 3.87. The maximum absolute atomic E-state index is 11.0. The van der Waals surface area contributed by atoms with Gasteiger partial charge in [-0.05, 0) is 12.1 Å². The predicted octanol–water partition coefficient (Wildman–Crippen LogP) is 0.139. The standard InChI is InChI=1S/C9H14N4O/c1-13(9(14)12-10)7-5-8-4-2-3-6-11-8/h2-4,6H,5,7,10H2,1H3,(H,12,14). The van der Waals surface area contributed by atoms with Crippen LogP contribution in [0.1, 0.15) is 5.69 Å². The third-order valence-electron chi connectivity index (χ3n) is 1.90. The Morgan fingerprint density at radius 2 is 2.43 bits per heavy atom. The van der Waals surface area contributed by atoms with E-state index in [0.717, 1.165) is 12.1 Å². The molecule has 1 rings (SSSR count). The summed E-state index contributed by atoms with van der Waals surface area (Å²) in [5.41, 5.74) is 3.03. The molecule has 76 valence electrons. The van der Waals surface area contributed by atoms with E-state index in [4.69, 9.17) is 5.84 Å². The van der Waals surface area contributed by atoms with Crippen molar-refractivity contribution in [3.8, 4) is 0 Å². The minimum absolute atomic E-state index is 0.291. The topological polar surface area (TPSA) is 71.2 Å². The van der Waals surface area contributed by atoms with E-state index in [1.54, 1.807) is 13.2 Å². The highest BCUT2D eigenvalue weighted by molar-refractivity contribution is 5.73. The zero-order valence-corrected chi connectivity index (χ0v) is 8.10. The van der Waals surface area contributed by atoms with Crippen molar-refractivity contribution < 1.29 is 4.79 Å². The summed E-state index contributed by atoms with van der Waals surface area (Å²) < 4.78 is 0. The summed E-state index contributed by atoms with van der Waals surface area (Å²) in [7, 11) is 1.69. The van der Waals surface area contributed by atoms with Gasteiger partial charge in [0.25, 0.3) is 0 Å². The molecule has 14 heavy (non-hydrogen) atoms. The molecular formula is C9H14N4O. The zero-order valence-electron chi connectivity index (χ0n) is 8.10. The van der Waals surface area contributed by atoms with Crippen molar-refractivity contribution >= 4 is 6.03 Å². The number of hydrogen-bond donors (Lipinski definition) is 2. The molecule has 1 aromatic rings. The highest BCUT2D eigenvalue weighted by Crippen LogP contribution is 1.96. The van der Waals surface area contributed by atoms with E-state index in [1.807, 2.05) is 18.2 Å². The maximum Gasteiger partial charge on any atom is 0.331 e. The van der Waals surface area contributed by atoms with Crippen molar-refractivity contribution in [1.29, 1.82) is 0 Å². The first-order valence-corrected chi connectivity index (χ1v) is 4.35. The van der Waals surface area contributed by atoms with E-state index in [-0.39, 0.29) is 6.03 Å². The van der Waals surface area contributed by atoms with Gasteiger partial charge in [0, 0.05) is 31.9 Å². The zero-order chi connectivity index (χ0) is 10.4. The molecule has 1 aromatic heterocycles. The third-order valence-corrected chi connectivity index (χ3v) is 1.90. The fourth-order valence-electron chi connectivity index (χ4n) is 1.04. The molecule has 5 nitrogen and oxygen atoms in total. The molecule has 5 heteroatoms. The molecule has 0 unspecified atom stereocenters. The number of hydrazine groups is 1. The van der Waals surface area contributed by atoms with Crippen LogP contribution in [0.2, 0.25) is 0 Å². The molecule has 0 radical (unpaired) electrons. The van der Waals surface area contributed by atoms with Crippen molar-refractivity contribution in [3.63, 3.8) is 0 Å².